The van der Waals surface area contributed by atoms with Crippen molar-refractivity contribution in [3.05, 3.63) is 48.3 Å². The molecule has 3 aromatic rings. The minimum atomic E-state index is -0.175. The van der Waals surface area contributed by atoms with Gasteiger partial charge in [-0.1, -0.05) is 12.1 Å². The summed E-state index contributed by atoms with van der Waals surface area (Å²) in [7, 11) is 0. The van der Waals surface area contributed by atoms with Crippen LogP contribution in [-0.4, -0.2) is 80.4 Å². The molecule has 1 amide bonds. The van der Waals surface area contributed by atoms with E-state index in [0.717, 1.165) is 76.3 Å². The molecule has 3 aliphatic heterocycles. The zero-order valence-corrected chi connectivity index (χ0v) is 23.8. The third kappa shape index (κ3) is 5.10. The average molecular weight is 570 g/mol. The normalized spacial score (nSPS) is 26.3. The minimum Gasteiger partial charge on any atom is -0.507 e. The molecular weight excluding hydrogens is 530 g/mol. The first kappa shape index (κ1) is 26.9. The van der Waals surface area contributed by atoms with Crippen molar-refractivity contribution in [1.29, 1.82) is 0 Å². The largest absolute Gasteiger partial charge is 0.507 e. The number of nitrogens with two attached hydrogens (primary N) is 2. The van der Waals surface area contributed by atoms with Crippen molar-refractivity contribution in [2.75, 3.05) is 41.7 Å². The molecule has 220 valence electrons. The number of hydrogen-bond donors (Lipinski definition) is 3. The van der Waals surface area contributed by atoms with Crippen LogP contribution in [0.2, 0.25) is 0 Å². The van der Waals surface area contributed by atoms with Gasteiger partial charge in [0.2, 0.25) is 11.9 Å². The summed E-state index contributed by atoms with van der Waals surface area (Å²) in [5.41, 5.74) is 15.0. The van der Waals surface area contributed by atoms with E-state index >= 15 is 0 Å². The molecule has 0 spiro atoms. The highest BCUT2D eigenvalue weighted by molar-refractivity contribution is 5.75. The number of anilines is 3. The lowest BCUT2D eigenvalue weighted by atomic mass is 9.76. The van der Waals surface area contributed by atoms with Crippen molar-refractivity contribution in [1.82, 2.24) is 25.1 Å². The number of para-hydroxylation sites is 1. The van der Waals surface area contributed by atoms with Crippen LogP contribution in [0.25, 0.3) is 11.3 Å². The van der Waals surface area contributed by atoms with Crippen LogP contribution in [-0.2, 0) is 4.79 Å². The van der Waals surface area contributed by atoms with Crippen LogP contribution in [0.15, 0.2) is 42.7 Å². The first-order chi connectivity index (χ1) is 20.4. The second-order valence-electron chi connectivity index (χ2n) is 12.5. The Labute approximate surface area is 245 Å². The fourth-order valence-corrected chi connectivity index (χ4v) is 7.62. The minimum absolute atomic E-state index is 0.173. The van der Waals surface area contributed by atoms with Gasteiger partial charge in [-0.2, -0.15) is 0 Å². The number of nitrogen functional groups attached to an aromatic ring is 1. The molecule has 11 heteroatoms. The number of phenols is 1. The molecule has 2 unspecified atom stereocenters. The summed E-state index contributed by atoms with van der Waals surface area (Å²) in [6, 6.07) is 10.3. The zero-order chi connectivity index (χ0) is 28.8. The second-order valence-corrected chi connectivity index (χ2v) is 12.5. The molecule has 7 rings (SSSR count). The molecule has 1 saturated carbocycles. The summed E-state index contributed by atoms with van der Waals surface area (Å²) in [5, 5.41) is 18.8. The number of rotatable bonds is 7. The highest BCUT2D eigenvalue weighted by Crippen LogP contribution is 2.40. The molecule has 1 aliphatic carbocycles. The van der Waals surface area contributed by atoms with E-state index in [9.17, 15) is 9.90 Å². The number of amides is 1. The number of likely N-dealkylation sites (tertiary alicyclic amines) is 1. The summed E-state index contributed by atoms with van der Waals surface area (Å²) in [6.07, 6.45) is 11.2. The maximum atomic E-state index is 11.2. The summed E-state index contributed by atoms with van der Waals surface area (Å²) < 4.78 is 0. The number of aromatic hydroxyl groups is 1. The maximum absolute atomic E-state index is 11.2. The van der Waals surface area contributed by atoms with Gasteiger partial charge in [0.1, 0.15) is 5.75 Å². The Morgan fingerprint density at radius 2 is 1.64 bits per heavy atom. The average Bonchev–Trinajstić information content (AvgIpc) is 3.24. The number of carbonyl (C=O) groups excluding carboxylic acids is 1. The molecule has 0 radical (unpaired) electrons. The Bertz CT molecular complexity index is 1420. The summed E-state index contributed by atoms with van der Waals surface area (Å²) in [5.74, 6) is 2.18. The highest BCUT2D eigenvalue weighted by Gasteiger charge is 2.42. The third-order valence-electron chi connectivity index (χ3n) is 9.91. The Balaban J connectivity index is 0.981. The SMILES string of the molecule is NC(=O)C[C@H]1C[C@@H](N2CCC(c3cnc(N4C5CCC4CN(c4cc(-c6ccccc6O)nnc4N)C5)nc3)CC2)C1. The topological polar surface area (TPSA) is 151 Å². The van der Waals surface area contributed by atoms with E-state index in [1.54, 1.807) is 12.1 Å². The number of benzene rings is 1. The molecule has 2 aromatic heterocycles. The fraction of sp³-hybridized carbons (Fsp3) is 0.516. The van der Waals surface area contributed by atoms with Gasteiger partial charge in [-0.05, 0) is 87.2 Å². The van der Waals surface area contributed by atoms with E-state index in [0.29, 0.717) is 53.5 Å². The van der Waals surface area contributed by atoms with Gasteiger partial charge in [0, 0.05) is 55.6 Å². The number of hydrogen-bond acceptors (Lipinski definition) is 10. The van der Waals surface area contributed by atoms with Crippen LogP contribution in [0.1, 0.15) is 56.4 Å². The van der Waals surface area contributed by atoms with Crippen molar-refractivity contribution in [3.63, 3.8) is 0 Å². The van der Waals surface area contributed by atoms with Gasteiger partial charge < -0.3 is 31.3 Å². The number of phenolic OH excluding ortho intramolecular Hbond substituents is 1. The number of carbonyl (C=O) groups is 1. The van der Waals surface area contributed by atoms with Crippen molar-refractivity contribution in [2.45, 2.75) is 69.0 Å². The number of aromatic nitrogens is 4. The number of primary amides is 1. The van der Waals surface area contributed by atoms with Crippen molar-refractivity contribution in [3.8, 4) is 17.0 Å². The van der Waals surface area contributed by atoms with Crippen molar-refractivity contribution < 1.29 is 9.90 Å². The number of piperidine rings is 1. The molecule has 1 aromatic carbocycles. The monoisotopic (exact) mass is 569 g/mol. The van der Waals surface area contributed by atoms with E-state index in [-0.39, 0.29) is 11.7 Å². The predicted molar refractivity (Wildman–Crippen MR) is 161 cm³/mol. The lowest BCUT2D eigenvalue weighted by Crippen LogP contribution is -2.54. The Morgan fingerprint density at radius 1 is 0.952 bits per heavy atom. The van der Waals surface area contributed by atoms with Crippen LogP contribution in [0.3, 0.4) is 0 Å². The van der Waals surface area contributed by atoms with Gasteiger partial charge in [0.15, 0.2) is 5.82 Å². The van der Waals surface area contributed by atoms with E-state index < -0.39 is 0 Å². The maximum Gasteiger partial charge on any atom is 0.225 e. The van der Waals surface area contributed by atoms with Gasteiger partial charge in [0.25, 0.3) is 0 Å². The Hall–Kier alpha value is -3.99. The molecule has 5 N–H and O–H groups in total. The smallest absolute Gasteiger partial charge is 0.225 e. The molecule has 3 saturated heterocycles. The second kappa shape index (κ2) is 11.0. The van der Waals surface area contributed by atoms with Crippen molar-refractivity contribution >= 4 is 23.4 Å². The predicted octanol–water partition coefficient (Wildman–Crippen LogP) is 2.91. The van der Waals surface area contributed by atoms with Gasteiger partial charge in [0.05, 0.1) is 11.4 Å². The van der Waals surface area contributed by atoms with Crippen LogP contribution in [0.4, 0.5) is 17.5 Å². The lowest BCUT2D eigenvalue weighted by Gasteiger charge is -2.45. The molecule has 5 heterocycles. The first-order valence-electron chi connectivity index (χ1n) is 15.2. The molecule has 2 bridgehead atoms. The van der Waals surface area contributed by atoms with E-state index in [4.69, 9.17) is 21.4 Å². The molecule has 2 atom stereocenters. The van der Waals surface area contributed by atoms with Gasteiger partial charge in [-0.3, -0.25) is 4.79 Å². The molecule has 4 fully saturated rings. The van der Waals surface area contributed by atoms with Crippen molar-refractivity contribution in [2.24, 2.45) is 11.7 Å². The highest BCUT2D eigenvalue weighted by atomic mass is 16.3. The van der Waals surface area contributed by atoms with Gasteiger partial charge >= 0.3 is 0 Å². The third-order valence-corrected chi connectivity index (χ3v) is 9.91. The number of fused-ring (bicyclic) bond motifs is 2. The lowest BCUT2D eigenvalue weighted by molar-refractivity contribution is -0.120. The summed E-state index contributed by atoms with van der Waals surface area (Å²) in [4.78, 5) is 28.2. The Kier molecular flexibility index (Phi) is 7.05. The van der Waals surface area contributed by atoms with E-state index in [1.165, 1.54) is 5.56 Å². The molecule has 11 nitrogen and oxygen atoms in total. The van der Waals surface area contributed by atoms with E-state index in [1.807, 2.05) is 30.6 Å². The van der Waals surface area contributed by atoms with Crippen LogP contribution >= 0.6 is 0 Å². The molecule has 42 heavy (non-hydrogen) atoms. The Morgan fingerprint density at radius 3 is 2.31 bits per heavy atom. The van der Waals surface area contributed by atoms with Crippen LogP contribution in [0, 0.1) is 5.92 Å². The summed E-state index contributed by atoms with van der Waals surface area (Å²) in [6.45, 7) is 3.78. The standard InChI is InChI=1S/C31H39N9O2/c32-29(42)13-19-11-24(12-19)38-9-7-20(8-10-38)21-15-34-31(35-16-21)40-22-5-6-23(40)18-39(17-22)27-14-26(36-37-30(27)33)25-3-1-2-4-28(25)41/h1-4,14-16,19-20,22-24,41H,5-13,17-18H2,(H2,32,42)(H2,33,37)/t19-,22?,23?,24+. The fourth-order valence-electron chi connectivity index (χ4n) is 7.62. The van der Waals surface area contributed by atoms with Gasteiger partial charge in [-0.25, -0.2) is 9.97 Å². The molecule has 4 aliphatic rings. The number of piperazine rings is 1. The van der Waals surface area contributed by atoms with Gasteiger partial charge in [-0.15, -0.1) is 10.2 Å². The molecular formula is C31H39N9O2. The quantitative estimate of drug-likeness (QED) is 0.387. The van der Waals surface area contributed by atoms with Crippen LogP contribution < -0.4 is 21.3 Å². The zero-order valence-electron chi connectivity index (χ0n) is 23.8. The number of nitrogens with zero attached hydrogens (tertiary/aromatic N) is 7. The summed E-state index contributed by atoms with van der Waals surface area (Å²) >= 11 is 0. The van der Waals surface area contributed by atoms with E-state index in [2.05, 4.69) is 24.9 Å². The first-order valence-corrected chi connectivity index (χ1v) is 15.2. The van der Waals surface area contributed by atoms with Crippen LogP contribution in [0.5, 0.6) is 5.75 Å².